The molecule has 0 unspecified atom stereocenters. The van der Waals surface area contributed by atoms with Gasteiger partial charge in [-0.2, -0.15) is 0 Å². The van der Waals surface area contributed by atoms with Crippen molar-refractivity contribution in [2.24, 2.45) is 0 Å². The minimum absolute atomic E-state index is 0.0976. The monoisotopic (exact) mass is 323 g/mol. The number of ether oxygens (including phenoxy) is 1. The Morgan fingerprint density at radius 2 is 1.50 bits per heavy atom. The van der Waals surface area contributed by atoms with Gasteiger partial charge in [0.1, 0.15) is 11.6 Å². The maximum Gasteiger partial charge on any atom is 0.255 e. The largest absolute Gasteiger partial charge is 0.491 e. The summed E-state index contributed by atoms with van der Waals surface area (Å²) in [5.74, 6) is 0.476. The summed E-state index contributed by atoms with van der Waals surface area (Å²) in [7, 11) is 0. The molecule has 122 valence electrons. The number of hydrogen-bond acceptors (Lipinski definition) is 2. The Kier molecular flexibility index (Phi) is 4.47. The zero-order valence-corrected chi connectivity index (χ0v) is 13.6. The van der Waals surface area contributed by atoms with Crippen LogP contribution in [0.1, 0.15) is 13.8 Å². The quantitative estimate of drug-likeness (QED) is 0.711. The third-order valence-corrected chi connectivity index (χ3v) is 3.58. The van der Waals surface area contributed by atoms with Gasteiger partial charge in [0.25, 0.3) is 5.56 Å². The lowest BCUT2D eigenvalue weighted by molar-refractivity contribution is 0.242. The Hall–Kier alpha value is -2.88. The summed E-state index contributed by atoms with van der Waals surface area (Å²) in [6, 6.07) is 16.8. The van der Waals surface area contributed by atoms with E-state index in [0.29, 0.717) is 0 Å². The zero-order chi connectivity index (χ0) is 17.1. The number of benzene rings is 2. The van der Waals surface area contributed by atoms with E-state index in [4.69, 9.17) is 4.74 Å². The normalized spacial score (nSPS) is 10.8. The molecule has 2 aromatic carbocycles. The minimum Gasteiger partial charge on any atom is -0.491 e. The third kappa shape index (κ3) is 3.54. The predicted molar refractivity (Wildman–Crippen MR) is 93.2 cm³/mol. The average molecular weight is 323 g/mol. The highest BCUT2D eigenvalue weighted by Gasteiger charge is 2.05. The lowest BCUT2D eigenvalue weighted by Crippen LogP contribution is -2.16. The number of rotatable bonds is 4. The van der Waals surface area contributed by atoms with Gasteiger partial charge in [-0.3, -0.25) is 9.36 Å². The van der Waals surface area contributed by atoms with Crippen molar-refractivity contribution in [1.82, 2.24) is 4.57 Å². The second kappa shape index (κ2) is 6.71. The van der Waals surface area contributed by atoms with Crippen molar-refractivity contribution in [1.29, 1.82) is 0 Å². The van der Waals surface area contributed by atoms with Crippen LogP contribution in [-0.2, 0) is 0 Å². The Labute approximate surface area is 140 Å². The number of hydrogen-bond donors (Lipinski definition) is 0. The molecule has 0 aliphatic heterocycles. The first-order valence-corrected chi connectivity index (χ1v) is 7.79. The van der Waals surface area contributed by atoms with Crippen molar-refractivity contribution in [2.45, 2.75) is 20.0 Å². The highest BCUT2D eigenvalue weighted by molar-refractivity contribution is 5.62. The van der Waals surface area contributed by atoms with E-state index < -0.39 is 0 Å². The summed E-state index contributed by atoms with van der Waals surface area (Å²) in [4.78, 5) is 12.2. The van der Waals surface area contributed by atoms with Gasteiger partial charge in [0.15, 0.2) is 0 Å². The molecule has 3 nitrogen and oxygen atoms in total. The molecule has 0 fully saturated rings. The molecule has 1 aromatic heterocycles. The van der Waals surface area contributed by atoms with Crippen molar-refractivity contribution >= 4 is 0 Å². The maximum atomic E-state index is 13.1. The molecule has 3 rings (SSSR count). The highest BCUT2D eigenvalue weighted by Crippen LogP contribution is 2.20. The number of aromatic nitrogens is 1. The average Bonchev–Trinajstić information content (AvgIpc) is 2.56. The SMILES string of the molecule is CC(C)Oc1ccc(-n2cc(-c3ccc(F)cc3)ccc2=O)cc1. The standard InChI is InChI=1S/C20H18FNO2/c1-14(2)24-19-10-8-18(9-11-19)22-13-16(5-12-20(22)23)15-3-6-17(21)7-4-15/h3-14H,1-2H3. The molecule has 0 saturated carbocycles. The molecule has 3 aromatic rings. The van der Waals surface area contributed by atoms with Crippen molar-refractivity contribution in [2.75, 3.05) is 0 Å². The Morgan fingerprint density at radius 1 is 0.875 bits per heavy atom. The van der Waals surface area contributed by atoms with Crippen LogP contribution in [-0.4, -0.2) is 10.7 Å². The molecule has 0 aliphatic rings. The van der Waals surface area contributed by atoms with E-state index >= 15 is 0 Å². The van der Waals surface area contributed by atoms with Crippen LogP contribution in [0, 0.1) is 5.82 Å². The van der Waals surface area contributed by atoms with Crippen molar-refractivity contribution in [3.05, 3.63) is 83.0 Å². The Morgan fingerprint density at radius 3 is 2.12 bits per heavy atom. The van der Waals surface area contributed by atoms with Crippen LogP contribution in [0.25, 0.3) is 16.8 Å². The molecule has 1 heterocycles. The van der Waals surface area contributed by atoms with Gasteiger partial charge in [0, 0.05) is 18.0 Å². The van der Waals surface area contributed by atoms with Crippen LogP contribution < -0.4 is 10.3 Å². The lowest BCUT2D eigenvalue weighted by atomic mass is 10.1. The van der Waals surface area contributed by atoms with Gasteiger partial charge in [0.2, 0.25) is 0 Å². The number of halogens is 1. The summed E-state index contributed by atoms with van der Waals surface area (Å²) in [6.07, 6.45) is 1.86. The van der Waals surface area contributed by atoms with Gasteiger partial charge < -0.3 is 4.74 Å². The Balaban J connectivity index is 1.97. The van der Waals surface area contributed by atoms with Crippen molar-refractivity contribution in [3.8, 4) is 22.6 Å². The lowest BCUT2D eigenvalue weighted by Gasteiger charge is -2.12. The molecule has 0 radical (unpaired) electrons. The van der Waals surface area contributed by atoms with E-state index in [1.807, 2.05) is 38.1 Å². The molecular weight excluding hydrogens is 305 g/mol. The molecule has 4 heteroatoms. The van der Waals surface area contributed by atoms with Crippen LogP contribution in [0.15, 0.2) is 71.7 Å². The third-order valence-electron chi connectivity index (χ3n) is 3.58. The first-order valence-electron chi connectivity index (χ1n) is 7.79. The highest BCUT2D eigenvalue weighted by atomic mass is 19.1. The molecule has 0 saturated heterocycles. The smallest absolute Gasteiger partial charge is 0.255 e. The van der Waals surface area contributed by atoms with E-state index in [0.717, 1.165) is 22.6 Å². The first-order chi connectivity index (χ1) is 11.5. The number of nitrogens with zero attached hydrogens (tertiary/aromatic N) is 1. The second-order valence-electron chi connectivity index (χ2n) is 5.79. The predicted octanol–water partition coefficient (Wildman–Crippen LogP) is 4.43. The minimum atomic E-state index is -0.284. The van der Waals surface area contributed by atoms with Gasteiger partial charge in [-0.15, -0.1) is 0 Å². The van der Waals surface area contributed by atoms with Crippen LogP contribution in [0.4, 0.5) is 4.39 Å². The summed E-state index contributed by atoms with van der Waals surface area (Å²) in [5.41, 5.74) is 2.32. The fourth-order valence-corrected chi connectivity index (χ4v) is 2.46. The van der Waals surface area contributed by atoms with Crippen molar-refractivity contribution < 1.29 is 9.13 Å². The van der Waals surface area contributed by atoms with Crippen LogP contribution in [0.2, 0.25) is 0 Å². The molecule has 0 atom stereocenters. The molecule has 0 spiro atoms. The molecule has 0 amide bonds. The van der Waals surface area contributed by atoms with E-state index in [1.165, 1.54) is 18.2 Å². The van der Waals surface area contributed by atoms with Gasteiger partial charge in [0.05, 0.1) is 6.10 Å². The molecule has 0 N–H and O–H groups in total. The summed E-state index contributed by atoms with van der Waals surface area (Å²) >= 11 is 0. The van der Waals surface area contributed by atoms with Crippen LogP contribution in [0.3, 0.4) is 0 Å². The van der Waals surface area contributed by atoms with Crippen LogP contribution >= 0.6 is 0 Å². The first kappa shape index (κ1) is 16.0. The Bertz CT molecular complexity index is 881. The molecular formula is C20H18FNO2. The topological polar surface area (TPSA) is 31.2 Å². The number of pyridine rings is 1. The van der Waals surface area contributed by atoms with Crippen molar-refractivity contribution in [3.63, 3.8) is 0 Å². The van der Waals surface area contributed by atoms with E-state index in [2.05, 4.69) is 0 Å². The van der Waals surface area contributed by atoms with Gasteiger partial charge in [-0.05, 0) is 67.4 Å². The maximum absolute atomic E-state index is 13.1. The fourth-order valence-electron chi connectivity index (χ4n) is 2.46. The van der Waals surface area contributed by atoms with Gasteiger partial charge >= 0.3 is 0 Å². The zero-order valence-electron chi connectivity index (χ0n) is 13.6. The van der Waals surface area contributed by atoms with Gasteiger partial charge in [-0.25, -0.2) is 4.39 Å². The second-order valence-corrected chi connectivity index (χ2v) is 5.79. The fraction of sp³-hybridized carbons (Fsp3) is 0.150. The van der Waals surface area contributed by atoms with Gasteiger partial charge in [-0.1, -0.05) is 12.1 Å². The van der Waals surface area contributed by atoms with Crippen LogP contribution in [0.5, 0.6) is 5.75 Å². The summed E-state index contributed by atoms with van der Waals surface area (Å²) < 4.78 is 20.3. The van der Waals surface area contributed by atoms with E-state index in [9.17, 15) is 9.18 Å². The molecule has 24 heavy (non-hydrogen) atoms. The molecule has 0 bridgehead atoms. The van der Waals surface area contributed by atoms with E-state index in [1.54, 1.807) is 29.0 Å². The van der Waals surface area contributed by atoms with E-state index in [-0.39, 0.29) is 17.5 Å². The summed E-state index contributed by atoms with van der Waals surface area (Å²) in [6.45, 7) is 3.93. The summed E-state index contributed by atoms with van der Waals surface area (Å²) in [5, 5.41) is 0. The molecule has 0 aliphatic carbocycles.